The number of fused-ring (bicyclic) bond motifs is 1. The number of hydrogen-bond acceptors (Lipinski definition) is 4. The van der Waals surface area contributed by atoms with Gasteiger partial charge in [0.25, 0.3) is 0 Å². The van der Waals surface area contributed by atoms with Crippen molar-refractivity contribution in [1.29, 1.82) is 0 Å². The summed E-state index contributed by atoms with van der Waals surface area (Å²) in [4.78, 5) is 8.10. The third-order valence-electron chi connectivity index (χ3n) is 2.91. The number of rotatable bonds is 1. The van der Waals surface area contributed by atoms with E-state index in [2.05, 4.69) is 9.97 Å². The molecule has 0 saturated carbocycles. The largest absolute Gasteiger partial charge is 0.384 e. The van der Waals surface area contributed by atoms with Gasteiger partial charge in [0.2, 0.25) is 5.95 Å². The van der Waals surface area contributed by atoms with Crippen molar-refractivity contribution in [3.63, 3.8) is 0 Å². The third kappa shape index (κ3) is 2.06. The molecule has 94 valence electrons. The number of halogens is 1. The van der Waals surface area contributed by atoms with Gasteiger partial charge >= 0.3 is 0 Å². The molecule has 0 atom stereocenters. The lowest BCUT2D eigenvalue weighted by atomic mass is 10.0. The van der Waals surface area contributed by atoms with Crippen molar-refractivity contribution in [3.05, 3.63) is 47.5 Å². The Bertz CT molecular complexity index is 750. The first-order valence-corrected chi connectivity index (χ1v) is 6.10. The molecule has 0 aliphatic heterocycles. The molecule has 0 aliphatic rings. The number of aromatic nitrogens is 2. The summed E-state index contributed by atoms with van der Waals surface area (Å²) in [6.07, 6.45) is 0. The fraction of sp³-hybridized carbons (Fsp3) is 0. The second-order valence-corrected chi connectivity index (χ2v) is 4.58. The molecule has 0 amide bonds. The van der Waals surface area contributed by atoms with Crippen molar-refractivity contribution < 1.29 is 0 Å². The molecule has 0 saturated heterocycles. The third-order valence-corrected chi connectivity index (χ3v) is 3.24. The lowest BCUT2D eigenvalue weighted by Gasteiger charge is -2.08. The maximum atomic E-state index is 6.20. The van der Waals surface area contributed by atoms with E-state index in [-0.39, 0.29) is 5.95 Å². The van der Waals surface area contributed by atoms with Crippen LogP contribution in [0, 0.1) is 0 Å². The first-order chi connectivity index (χ1) is 9.15. The molecule has 2 aromatic carbocycles. The minimum Gasteiger partial charge on any atom is -0.384 e. The monoisotopic (exact) mass is 270 g/mol. The topological polar surface area (TPSA) is 77.8 Å². The predicted octanol–water partition coefficient (Wildman–Crippen LogP) is 3.11. The molecule has 3 aromatic rings. The van der Waals surface area contributed by atoms with Crippen LogP contribution in [0.5, 0.6) is 0 Å². The Kier molecular flexibility index (Phi) is 2.72. The summed E-state index contributed by atoms with van der Waals surface area (Å²) in [6.45, 7) is 0. The van der Waals surface area contributed by atoms with Gasteiger partial charge in [-0.2, -0.15) is 4.98 Å². The fourth-order valence-electron chi connectivity index (χ4n) is 2.11. The number of benzene rings is 2. The van der Waals surface area contributed by atoms with Gasteiger partial charge in [-0.15, -0.1) is 0 Å². The Labute approximate surface area is 115 Å². The predicted molar refractivity (Wildman–Crippen MR) is 78.8 cm³/mol. The summed E-state index contributed by atoms with van der Waals surface area (Å²) in [5.74, 6) is 0.510. The molecule has 4 N–H and O–H groups in total. The zero-order valence-corrected chi connectivity index (χ0v) is 10.7. The summed E-state index contributed by atoms with van der Waals surface area (Å²) < 4.78 is 0. The highest BCUT2D eigenvalue weighted by molar-refractivity contribution is 6.36. The average molecular weight is 271 g/mol. The van der Waals surface area contributed by atoms with Crippen molar-refractivity contribution in [2.45, 2.75) is 0 Å². The Hall–Kier alpha value is -2.33. The van der Waals surface area contributed by atoms with E-state index in [0.29, 0.717) is 16.5 Å². The van der Waals surface area contributed by atoms with E-state index >= 15 is 0 Å². The maximum Gasteiger partial charge on any atom is 0.222 e. The van der Waals surface area contributed by atoms with E-state index in [9.17, 15) is 0 Å². The smallest absolute Gasteiger partial charge is 0.222 e. The van der Waals surface area contributed by atoms with Gasteiger partial charge < -0.3 is 11.5 Å². The highest BCUT2D eigenvalue weighted by atomic mass is 35.5. The lowest BCUT2D eigenvalue weighted by molar-refractivity contribution is 1.20. The van der Waals surface area contributed by atoms with Gasteiger partial charge in [0, 0.05) is 22.0 Å². The van der Waals surface area contributed by atoms with Crippen LogP contribution in [0.3, 0.4) is 0 Å². The highest BCUT2D eigenvalue weighted by Gasteiger charge is 2.09. The number of nitrogens with two attached hydrogens (primary N) is 2. The molecule has 0 spiro atoms. The van der Waals surface area contributed by atoms with E-state index < -0.39 is 0 Å². The Balaban J connectivity index is 2.34. The number of nitrogens with zero attached hydrogens (tertiary/aromatic N) is 2. The molecule has 3 rings (SSSR count). The molecule has 5 heteroatoms. The number of nitrogen functional groups attached to an aromatic ring is 2. The lowest BCUT2D eigenvalue weighted by Crippen LogP contribution is -2.00. The molecule has 0 bridgehead atoms. The summed E-state index contributed by atoms with van der Waals surface area (Å²) in [5.41, 5.74) is 13.0. The van der Waals surface area contributed by atoms with Crippen LogP contribution in [0.2, 0.25) is 5.02 Å². The first-order valence-electron chi connectivity index (χ1n) is 5.73. The molecule has 4 nitrogen and oxygen atoms in total. The van der Waals surface area contributed by atoms with Crippen molar-refractivity contribution in [3.8, 4) is 11.3 Å². The van der Waals surface area contributed by atoms with Crippen molar-refractivity contribution in [2.24, 2.45) is 0 Å². The minimum absolute atomic E-state index is 0.161. The van der Waals surface area contributed by atoms with Crippen LogP contribution in [0.25, 0.3) is 22.0 Å². The molecule has 0 radical (unpaired) electrons. The van der Waals surface area contributed by atoms with Crippen LogP contribution in [-0.2, 0) is 0 Å². The van der Waals surface area contributed by atoms with E-state index in [0.717, 1.165) is 16.3 Å². The van der Waals surface area contributed by atoms with Crippen LogP contribution in [0.15, 0.2) is 42.5 Å². The number of anilines is 2. The van der Waals surface area contributed by atoms with Gasteiger partial charge in [0.05, 0.1) is 5.69 Å². The Morgan fingerprint density at radius 1 is 0.895 bits per heavy atom. The van der Waals surface area contributed by atoms with E-state index in [4.69, 9.17) is 23.1 Å². The van der Waals surface area contributed by atoms with Crippen LogP contribution >= 0.6 is 11.6 Å². The van der Waals surface area contributed by atoms with Crippen LogP contribution in [0.1, 0.15) is 0 Å². The van der Waals surface area contributed by atoms with Gasteiger partial charge in [-0.1, -0.05) is 41.9 Å². The van der Waals surface area contributed by atoms with Gasteiger partial charge in [-0.05, 0) is 11.5 Å². The zero-order chi connectivity index (χ0) is 13.4. The standard InChI is InChI=1S/C14H11ClN4/c15-11-6-5-10(8-3-1-2-4-9(8)11)12-7-13(16)19-14(17)18-12/h1-7H,(H4,16,17,18,19). The Morgan fingerprint density at radius 2 is 1.63 bits per heavy atom. The molecule has 1 aromatic heterocycles. The molecular weight excluding hydrogens is 260 g/mol. The van der Waals surface area contributed by atoms with Gasteiger partial charge in [-0.3, -0.25) is 0 Å². The quantitative estimate of drug-likeness (QED) is 0.712. The summed E-state index contributed by atoms with van der Waals surface area (Å²) >= 11 is 6.20. The van der Waals surface area contributed by atoms with E-state index in [1.165, 1.54) is 0 Å². The maximum absolute atomic E-state index is 6.20. The second-order valence-electron chi connectivity index (χ2n) is 4.18. The van der Waals surface area contributed by atoms with Crippen molar-refractivity contribution in [1.82, 2.24) is 9.97 Å². The highest BCUT2D eigenvalue weighted by Crippen LogP contribution is 2.32. The van der Waals surface area contributed by atoms with Crippen LogP contribution in [0.4, 0.5) is 11.8 Å². The van der Waals surface area contributed by atoms with Crippen molar-refractivity contribution in [2.75, 3.05) is 11.5 Å². The van der Waals surface area contributed by atoms with E-state index in [1.54, 1.807) is 6.07 Å². The second kappa shape index (κ2) is 4.40. The number of hydrogen-bond donors (Lipinski definition) is 2. The normalized spacial score (nSPS) is 10.8. The van der Waals surface area contributed by atoms with Gasteiger partial charge in [0.15, 0.2) is 0 Å². The van der Waals surface area contributed by atoms with Crippen LogP contribution in [-0.4, -0.2) is 9.97 Å². The van der Waals surface area contributed by atoms with Gasteiger partial charge in [-0.25, -0.2) is 4.98 Å². The molecule has 0 aliphatic carbocycles. The molecule has 0 fully saturated rings. The summed E-state index contributed by atoms with van der Waals surface area (Å²) in [7, 11) is 0. The Morgan fingerprint density at radius 3 is 2.37 bits per heavy atom. The minimum atomic E-state index is 0.161. The SMILES string of the molecule is Nc1cc(-c2ccc(Cl)c3ccccc23)nc(N)n1. The average Bonchev–Trinajstić information content (AvgIpc) is 2.38. The zero-order valence-electron chi connectivity index (χ0n) is 9.97. The molecule has 1 heterocycles. The molecular formula is C14H11ClN4. The molecule has 19 heavy (non-hydrogen) atoms. The van der Waals surface area contributed by atoms with E-state index in [1.807, 2.05) is 36.4 Å². The van der Waals surface area contributed by atoms with Gasteiger partial charge in [0.1, 0.15) is 5.82 Å². The fourth-order valence-corrected chi connectivity index (χ4v) is 2.34. The van der Waals surface area contributed by atoms with Crippen LogP contribution < -0.4 is 11.5 Å². The summed E-state index contributed by atoms with van der Waals surface area (Å²) in [5, 5.41) is 2.68. The first kappa shape index (κ1) is 11.7. The molecule has 0 unspecified atom stereocenters. The van der Waals surface area contributed by atoms with Crippen molar-refractivity contribution >= 4 is 34.1 Å². The summed E-state index contributed by atoms with van der Waals surface area (Å²) in [6, 6.07) is 13.3.